The predicted octanol–water partition coefficient (Wildman–Crippen LogP) is 3.80. The highest BCUT2D eigenvalue weighted by Crippen LogP contribution is 2.38. The molecule has 1 aromatic rings. The van der Waals surface area contributed by atoms with Crippen LogP contribution in [0.1, 0.15) is 50.0 Å². The predicted molar refractivity (Wildman–Crippen MR) is 88.0 cm³/mol. The molecule has 2 aliphatic carbocycles. The van der Waals surface area contributed by atoms with Gasteiger partial charge in [-0.05, 0) is 75.2 Å². The van der Waals surface area contributed by atoms with Crippen LogP contribution in [0.4, 0.5) is 0 Å². The molecule has 3 heteroatoms. The van der Waals surface area contributed by atoms with Crippen molar-refractivity contribution in [3.63, 3.8) is 0 Å². The highest BCUT2D eigenvalue weighted by molar-refractivity contribution is 6.30. The van der Waals surface area contributed by atoms with Crippen LogP contribution in [0.2, 0.25) is 5.02 Å². The number of halogens is 1. The van der Waals surface area contributed by atoms with Gasteiger partial charge in [-0.1, -0.05) is 23.7 Å². The van der Waals surface area contributed by atoms with Gasteiger partial charge in [-0.25, -0.2) is 0 Å². The van der Waals surface area contributed by atoms with E-state index in [1.807, 2.05) is 12.1 Å². The zero-order valence-electron chi connectivity index (χ0n) is 12.6. The van der Waals surface area contributed by atoms with Gasteiger partial charge in [0.1, 0.15) is 0 Å². The summed E-state index contributed by atoms with van der Waals surface area (Å²) in [6.07, 6.45) is 8.18. The number of nitrogens with zero attached hydrogens (tertiary/aromatic N) is 1. The van der Waals surface area contributed by atoms with Crippen molar-refractivity contribution in [2.24, 2.45) is 0 Å². The van der Waals surface area contributed by atoms with Crippen molar-refractivity contribution in [2.75, 3.05) is 13.1 Å². The van der Waals surface area contributed by atoms with Crippen LogP contribution in [-0.4, -0.2) is 36.1 Å². The fraction of sp³-hybridized carbons (Fsp3) is 0.667. The first-order chi connectivity index (χ1) is 10.3. The van der Waals surface area contributed by atoms with Crippen LogP contribution in [0.3, 0.4) is 0 Å². The minimum absolute atomic E-state index is 0.739. The zero-order chi connectivity index (χ0) is 14.2. The van der Waals surface area contributed by atoms with Crippen molar-refractivity contribution in [3.8, 4) is 0 Å². The van der Waals surface area contributed by atoms with E-state index in [1.165, 1.54) is 57.2 Å². The Labute approximate surface area is 132 Å². The minimum atomic E-state index is 0.739. The number of piperidine rings is 1. The van der Waals surface area contributed by atoms with E-state index in [0.29, 0.717) is 0 Å². The van der Waals surface area contributed by atoms with E-state index < -0.39 is 0 Å². The van der Waals surface area contributed by atoms with Crippen LogP contribution in [0.5, 0.6) is 0 Å². The lowest BCUT2D eigenvalue weighted by molar-refractivity contribution is 0.165. The van der Waals surface area contributed by atoms with Crippen LogP contribution in [0.25, 0.3) is 0 Å². The molecule has 1 heterocycles. The molecule has 0 aromatic heterocycles. The van der Waals surface area contributed by atoms with Crippen LogP contribution in [0, 0.1) is 0 Å². The molecule has 1 aliphatic heterocycles. The summed E-state index contributed by atoms with van der Waals surface area (Å²) >= 11 is 5.96. The molecule has 4 rings (SSSR count). The normalized spacial score (nSPS) is 31.1. The molecule has 0 spiro atoms. The van der Waals surface area contributed by atoms with E-state index in [0.717, 1.165) is 29.1 Å². The SMILES string of the molecule is Clc1ccc(C2CC(NC3CCN(C4CC4)CC3)C2)cc1. The number of hydrogen-bond donors (Lipinski definition) is 1. The molecule has 3 aliphatic rings. The molecule has 0 amide bonds. The largest absolute Gasteiger partial charge is 0.311 e. The molecule has 0 atom stereocenters. The standard InChI is InChI=1S/C18H25ClN2/c19-15-3-1-13(2-4-15)14-11-17(12-14)20-16-7-9-21(10-8-16)18-5-6-18/h1-4,14,16-18,20H,5-12H2. The first-order valence-electron chi connectivity index (χ1n) is 8.53. The number of benzene rings is 1. The summed E-state index contributed by atoms with van der Waals surface area (Å²) in [7, 11) is 0. The molecule has 0 bridgehead atoms. The highest BCUT2D eigenvalue weighted by atomic mass is 35.5. The smallest absolute Gasteiger partial charge is 0.0406 e. The van der Waals surface area contributed by atoms with E-state index in [4.69, 9.17) is 11.6 Å². The van der Waals surface area contributed by atoms with Gasteiger partial charge in [-0.2, -0.15) is 0 Å². The average Bonchev–Trinajstić information content (AvgIpc) is 3.29. The highest BCUT2D eigenvalue weighted by Gasteiger charge is 2.35. The lowest BCUT2D eigenvalue weighted by Crippen LogP contribution is -2.50. The van der Waals surface area contributed by atoms with Crippen LogP contribution in [-0.2, 0) is 0 Å². The summed E-state index contributed by atoms with van der Waals surface area (Å²) in [5.74, 6) is 0.742. The Morgan fingerprint density at radius 1 is 0.905 bits per heavy atom. The van der Waals surface area contributed by atoms with Crippen molar-refractivity contribution in [3.05, 3.63) is 34.9 Å². The first kappa shape index (κ1) is 14.0. The second-order valence-corrected chi connectivity index (χ2v) is 7.56. The summed E-state index contributed by atoms with van der Waals surface area (Å²) < 4.78 is 0. The maximum absolute atomic E-state index is 5.96. The Morgan fingerprint density at radius 2 is 1.57 bits per heavy atom. The maximum Gasteiger partial charge on any atom is 0.0406 e. The summed E-state index contributed by atoms with van der Waals surface area (Å²) in [6, 6.07) is 10.9. The second kappa shape index (κ2) is 5.91. The lowest BCUT2D eigenvalue weighted by Gasteiger charge is -2.41. The van der Waals surface area contributed by atoms with Gasteiger partial charge in [-0.15, -0.1) is 0 Å². The fourth-order valence-corrected chi connectivity index (χ4v) is 4.09. The van der Waals surface area contributed by atoms with Crippen molar-refractivity contribution < 1.29 is 0 Å². The summed E-state index contributed by atoms with van der Waals surface area (Å²) in [5.41, 5.74) is 1.46. The molecule has 2 saturated carbocycles. The van der Waals surface area contributed by atoms with Gasteiger partial charge in [0.25, 0.3) is 0 Å². The van der Waals surface area contributed by atoms with Gasteiger partial charge in [0, 0.05) is 23.1 Å². The lowest BCUT2D eigenvalue weighted by atomic mass is 9.75. The zero-order valence-corrected chi connectivity index (χ0v) is 13.4. The Bertz CT molecular complexity index is 468. The maximum atomic E-state index is 5.96. The van der Waals surface area contributed by atoms with Crippen molar-refractivity contribution >= 4 is 11.6 Å². The minimum Gasteiger partial charge on any atom is -0.311 e. The molecule has 21 heavy (non-hydrogen) atoms. The number of hydrogen-bond acceptors (Lipinski definition) is 2. The van der Waals surface area contributed by atoms with E-state index in [9.17, 15) is 0 Å². The van der Waals surface area contributed by atoms with E-state index >= 15 is 0 Å². The number of rotatable bonds is 4. The molecule has 0 radical (unpaired) electrons. The quantitative estimate of drug-likeness (QED) is 0.910. The molecular weight excluding hydrogens is 280 g/mol. The van der Waals surface area contributed by atoms with E-state index in [1.54, 1.807) is 0 Å². The van der Waals surface area contributed by atoms with Crippen molar-refractivity contribution in [1.82, 2.24) is 10.2 Å². The molecule has 2 nitrogen and oxygen atoms in total. The van der Waals surface area contributed by atoms with Crippen LogP contribution < -0.4 is 5.32 Å². The third kappa shape index (κ3) is 3.28. The summed E-state index contributed by atoms with van der Waals surface area (Å²) in [6.45, 7) is 2.63. The summed E-state index contributed by atoms with van der Waals surface area (Å²) in [4.78, 5) is 2.70. The fourth-order valence-electron chi connectivity index (χ4n) is 3.97. The van der Waals surface area contributed by atoms with Crippen LogP contribution >= 0.6 is 11.6 Å². The molecular formula is C18H25ClN2. The van der Waals surface area contributed by atoms with Gasteiger partial charge in [-0.3, -0.25) is 0 Å². The molecule has 0 unspecified atom stereocenters. The second-order valence-electron chi connectivity index (χ2n) is 7.12. The Morgan fingerprint density at radius 3 is 2.19 bits per heavy atom. The topological polar surface area (TPSA) is 15.3 Å². The summed E-state index contributed by atoms with van der Waals surface area (Å²) in [5, 5.41) is 4.74. The third-order valence-electron chi connectivity index (χ3n) is 5.54. The number of nitrogens with one attached hydrogen (secondary N) is 1. The van der Waals surface area contributed by atoms with Gasteiger partial charge in [0.2, 0.25) is 0 Å². The van der Waals surface area contributed by atoms with E-state index in [-0.39, 0.29) is 0 Å². The molecule has 1 N–H and O–H groups in total. The van der Waals surface area contributed by atoms with Crippen molar-refractivity contribution in [1.29, 1.82) is 0 Å². The molecule has 3 fully saturated rings. The third-order valence-corrected chi connectivity index (χ3v) is 5.80. The van der Waals surface area contributed by atoms with Crippen LogP contribution in [0.15, 0.2) is 24.3 Å². The van der Waals surface area contributed by atoms with Gasteiger partial charge in [0.15, 0.2) is 0 Å². The van der Waals surface area contributed by atoms with E-state index in [2.05, 4.69) is 22.3 Å². The molecule has 1 saturated heterocycles. The molecule has 1 aromatic carbocycles. The first-order valence-corrected chi connectivity index (χ1v) is 8.91. The Hall–Kier alpha value is -0.570. The number of likely N-dealkylation sites (tertiary alicyclic amines) is 1. The Kier molecular flexibility index (Phi) is 3.95. The average molecular weight is 305 g/mol. The van der Waals surface area contributed by atoms with Gasteiger partial charge in [0.05, 0.1) is 0 Å². The van der Waals surface area contributed by atoms with Gasteiger partial charge < -0.3 is 10.2 Å². The van der Waals surface area contributed by atoms with Gasteiger partial charge >= 0.3 is 0 Å². The monoisotopic (exact) mass is 304 g/mol. The Balaban J connectivity index is 1.21. The van der Waals surface area contributed by atoms with Crippen molar-refractivity contribution in [2.45, 2.75) is 62.6 Å². The molecule has 114 valence electrons.